The van der Waals surface area contributed by atoms with Gasteiger partial charge in [-0.15, -0.1) is 11.3 Å². The molecule has 1 amide bonds. The standard InChI is InChI=1S/C15H16N2O2S/c1-10-16-13(9-20-10)11-4-2-5-12(8-11)17-15(18)14-6-3-7-19-14/h2,4-5,8-9,14H,3,6-7H2,1H3,(H,17,18)/t14-/m0/s1. The maximum absolute atomic E-state index is 12.0. The van der Waals surface area contributed by atoms with E-state index in [0.29, 0.717) is 6.61 Å². The summed E-state index contributed by atoms with van der Waals surface area (Å²) in [6.07, 6.45) is 1.45. The van der Waals surface area contributed by atoms with Crippen LogP contribution in [0.3, 0.4) is 0 Å². The number of thiazole rings is 1. The Morgan fingerprint density at radius 3 is 3.10 bits per heavy atom. The van der Waals surface area contributed by atoms with Gasteiger partial charge in [-0.25, -0.2) is 4.98 Å². The zero-order valence-electron chi connectivity index (χ0n) is 11.3. The SMILES string of the molecule is Cc1nc(-c2cccc(NC(=O)[C@@H]3CCCO3)c2)cs1. The van der Waals surface area contributed by atoms with Crippen LogP contribution in [0, 0.1) is 6.92 Å². The molecule has 0 spiro atoms. The van der Waals surface area contributed by atoms with Crippen molar-refractivity contribution in [2.75, 3.05) is 11.9 Å². The highest BCUT2D eigenvalue weighted by atomic mass is 32.1. The molecule has 0 unspecified atom stereocenters. The Bertz CT molecular complexity index is 618. The Hall–Kier alpha value is -1.72. The number of hydrogen-bond acceptors (Lipinski definition) is 4. The number of nitrogens with zero attached hydrogens (tertiary/aromatic N) is 1. The quantitative estimate of drug-likeness (QED) is 0.943. The third-order valence-electron chi connectivity index (χ3n) is 3.27. The van der Waals surface area contributed by atoms with E-state index in [1.807, 2.05) is 36.6 Å². The molecule has 0 bridgehead atoms. The molecule has 4 nitrogen and oxygen atoms in total. The van der Waals surface area contributed by atoms with Crippen LogP contribution in [0.25, 0.3) is 11.3 Å². The molecule has 1 N–H and O–H groups in total. The molecule has 1 atom stereocenters. The van der Waals surface area contributed by atoms with Gasteiger partial charge in [0.1, 0.15) is 6.10 Å². The summed E-state index contributed by atoms with van der Waals surface area (Å²) in [6.45, 7) is 2.66. The minimum Gasteiger partial charge on any atom is -0.368 e. The third kappa shape index (κ3) is 2.89. The van der Waals surface area contributed by atoms with Crippen LogP contribution in [0.2, 0.25) is 0 Å². The Kier molecular flexibility index (Phi) is 3.80. The summed E-state index contributed by atoms with van der Waals surface area (Å²) in [6, 6.07) is 7.75. The van der Waals surface area contributed by atoms with Crippen LogP contribution in [-0.2, 0) is 9.53 Å². The molecule has 1 fully saturated rings. The minimum atomic E-state index is -0.305. The number of rotatable bonds is 3. The summed E-state index contributed by atoms with van der Waals surface area (Å²) in [5, 5.41) is 5.97. The summed E-state index contributed by atoms with van der Waals surface area (Å²) < 4.78 is 5.38. The first-order chi connectivity index (χ1) is 9.72. The lowest BCUT2D eigenvalue weighted by Crippen LogP contribution is -2.26. The van der Waals surface area contributed by atoms with E-state index in [2.05, 4.69) is 10.3 Å². The van der Waals surface area contributed by atoms with Gasteiger partial charge < -0.3 is 10.1 Å². The molecular formula is C15H16N2O2S. The molecule has 2 aromatic rings. The van der Waals surface area contributed by atoms with Crippen LogP contribution in [0.4, 0.5) is 5.69 Å². The van der Waals surface area contributed by atoms with Gasteiger partial charge in [-0.3, -0.25) is 4.79 Å². The van der Waals surface area contributed by atoms with Gasteiger partial charge in [-0.05, 0) is 31.9 Å². The molecule has 104 valence electrons. The number of ether oxygens (including phenoxy) is 1. The number of benzene rings is 1. The topological polar surface area (TPSA) is 51.2 Å². The van der Waals surface area contributed by atoms with Gasteiger partial charge in [-0.2, -0.15) is 0 Å². The van der Waals surface area contributed by atoms with Gasteiger partial charge in [-0.1, -0.05) is 12.1 Å². The van der Waals surface area contributed by atoms with E-state index in [4.69, 9.17) is 4.74 Å². The second-order valence-corrected chi connectivity index (χ2v) is 5.89. The summed E-state index contributed by atoms with van der Waals surface area (Å²) in [5.74, 6) is -0.0610. The van der Waals surface area contributed by atoms with Gasteiger partial charge in [0.15, 0.2) is 0 Å². The van der Waals surface area contributed by atoms with Crippen molar-refractivity contribution in [1.82, 2.24) is 4.98 Å². The van der Waals surface area contributed by atoms with Gasteiger partial charge in [0.25, 0.3) is 5.91 Å². The van der Waals surface area contributed by atoms with Gasteiger partial charge in [0.2, 0.25) is 0 Å². The molecule has 20 heavy (non-hydrogen) atoms. The molecule has 0 aliphatic carbocycles. The van der Waals surface area contributed by atoms with E-state index in [1.54, 1.807) is 11.3 Å². The second-order valence-electron chi connectivity index (χ2n) is 4.82. The molecule has 0 saturated carbocycles. The average molecular weight is 288 g/mol. The van der Waals surface area contributed by atoms with Gasteiger partial charge in [0.05, 0.1) is 10.7 Å². The molecular weight excluding hydrogens is 272 g/mol. The highest BCUT2D eigenvalue weighted by molar-refractivity contribution is 7.09. The van der Waals surface area contributed by atoms with Crippen LogP contribution < -0.4 is 5.32 Å². The molecule has 5 heteroatoms. The summed E-state index contributed by atoms with van der Waals surface area (Å²) in [4.78, 5) is 16.5. The van der Waals surface area contributed by atoms with E-state index in [-0.39, 0.29) is 12.0 Å². The number of nitrogens with one attached hydrogen (secondary N) is 1. The monoisotopic (exact) mass is 288 g/mol. The van der Waals surface area contributed by atoms with Crippen LogP contribution in [0.1, 0.15) is 17.8 Å². The van der Waals surface area contributed by atoms with Gasteiger partial charge in [0, 0.05) is 23.2 Å². The van der Waals surface area contributed by atoms with Crippen molar-refractivity contribution in [3.05, 3.63) is 34.7 Å². The van der Waals surface area contributed by atoms with Crippen molar-refractivity contribution < 1.29 is 9.53 Å². The van der Waals surface area contributed by atoms with E-state index in [1.165, 1.54) is 0 Å². The minimum absolute atomic E-state index is 0.0610. The van der Waals surface area contributed by atoms with E-state index in [9.17, 15) is 4.79 Å². The lowest BCUT2D eigenvalue weighted by Gasteiger charge is -2.11. The van der Waals surface area contributed by atoms with Crippen LogP contribution in [0.5, 0.6) is 0 Å². The largest absolute Gasteiger partial charge is 0.368 e. The fourth-order valence-electron chi connectivity index (χ4n) is 2.26. The first-order valence-corrected chi connectivity index (χ1v) is 7.55. The lowest BCUT2D eigenvalue weighted by atomic mass is 10.1. The molecule has 2 heterocycles. The average Bonchev–Trinajstić information content (AvgIpc) is 3.10. The Balaban J connectivity index is 1.75. The Morgan fingerprint density at radius 1 is 1.50 bits per heavy atom. The van der Waals surface area contributed by atoms with Crippen molar-refractivity contribution in [2.45, 2.75) is 25.9 Å². The number of amides is 1. The number of carbonyl (C=O) groups is 1. The molecule has 3 rings (SSSR count). The maximum atomic E-state index is 12.0. The Morgan fingerprint density at radius 2 is 2.40 bits per heavy atom. The first-order valence-electron chi connectivity index (χ1n) is 6.67. The van der Waals surface area contributed by atoms with Crippen LogP contribution in [-0.4, -0.2) is 23.6 Å². The predicted molar refractivity (Wildman–Crippen MR) is 79.9 cm³/mol. The van der Waals surface area contributed by atoms with Crippen molar-refractivity contribution in [3.63, 3.8) is 0 Å². The van der Waals surface area contributed by atoms with Crippen LogP contribution in [0.15, 0.2) is 29.6 Å². The fraction of sp³-hybridized carbons (Fsp3) is 0.333. The highest BCUT2D eigenvalue weighted by Gasteiger charge is 2.23. The number of aromatic nitrogens is 1. The molecule has 1 aromatic carbocycles. The van der Waals surface area contributed by atoms with E-state index in [0.717, 1.165) is 34.8 Å². The smallest absolute Gasteiger partial charge is 0.253 e. The number of hydrogen-bond donors (Lipinski definition) is 1. The molecule has 1 aromatic heterocycles. The highest BCUT2D eigenvalue weighted by Crippen LogP contribution is 2.24. The first kappa shape index (κ1) is 13.3. The Labute approximate surface area is 121 Å². The van der Waals surface area contributed by atoms with E-state index >= 15 is 0 Å². The number of anilines is 1. The van der Waals surface area contributed by atoms with E-state index < -0.39 is 0 Å². The van der Waals surface area contributed by atoms with Crippen molar-refractivity contribution in [2.24, 2.45) is 0 Å². The van der Waals surface area contributed by atoms with Crippen molar-refractivity contribution in [3.8, 4) is 11.3 Å². The second kappa shape index (κ2) is 5.73. The molecule has 1 aliphatic heterocycles. The van der Waals surface area contributed by atoms with Crippen molar-refractivity contribution in [1.29, 1.82) is 0 Å². The summed E-state index contributed by atoms with van der Waals surface area (Å²) in [5.41, 5.74) is 2.74. The zero-order valence-corrected chi connectivity index (χ0v) is 12.1. The fourth-order valence-corrected chi connectivity index (χ4v) is 2.88. The number of aryl methyl sites for hydroxylation is 1. The normalized spacial score (nSPS) is 18.1. The predicted octanol–water partition coefficient (Wildman–Crippen LogP) is 3.24. The zero-order chi connectivity index (χ0) is 13.9. The molecule has 1 saturated heterocycles. The van der Waals surface area contributed by atoms with Gasteiger partial charge >= 0.3 is 0 Å². The summed E-state index contributed by atoms with van der Waals surface area (Å²) >= 11 is 1.62. The van der Waals surface area contributed by atoms with Crippen LogP contribution >= 0.6 is 11.3 Å². The maximum Gasteiger partial charge on any atom is 0.253 e. The molecule has 1 aliphatic rings. The summed E-state index contributed by atoms with van der Waals surface area (Å²) in [7, 11) is 0. The number of carbonyl (C=O) groups excluding carboxylic acids is 1. The van der Waals surface area contributed by atoms with Crippen molar-refractivity contribution >= 4 is 22.9 Å². The molecule has 0 radical (unpaired) electrons. The third-order valence-corrected chi connectivity index (χ3v) is 4.04. The lowest BCUT2D eigenvalue weighted by molar-refractivity contribution is -0.124.